The number of hydrogen-bond acceptors (Lipinski definition) is 3. The number of rotatable bonds is 2. The lowest BCUT2D eigenvalue weighted by Crippen LogP contribution is -2.35. The fourth-order valence-electron chi connectivity index (χ4n) is 1.74. The number of carbonyl (C=O) groups excluding carboxylic acids is 1. The van der Waals surface area contributed by atoms with E-state index in [9.17, 15) is 4.79 Å². The maximum absolute atomic E-state index is 11.5. The van der Waals surface area contributed by atoms with Crippen LogP contribution < -0.4 is 5.32 Å². The maximum atomic E-state index is 11.5. The number of aliphatic imine (C=N–C) groups is 1. The molecule has 1 heterocycles. The Labute approximate surface area is 104 Å². The summed E-state index contributed by atoms with van der Waals surface area (Å²) in [6.07, 6.45) is 5.52. The van der Waals surface area contributed by atoms with Gasteiger partial charge in [0.15, 0.2) is 0 Å². The van der Waals surface area contributed by atoms with Crippen molar-refractivity contribution in [2.75, 3.05) is 13.1 Å². The van der Waals surface area contributed by atoms with Crippen LogP contribution in [0.2, 0.25) is 0 Å². The van der Waals surface area contributed by atoms with Gasteiger partial charge in [0, 0.05) is 12.3 Å². The normalized spacial score (nSPS) is 17.7. The molecule has 1 aliphatic heterocycles. The smallest absolute Gasteiger partial charge is 0.407 e. The summed E-state index contributed by atoms with van der Waals surface area (Å²) in [5, 5.41) is 2.77. The van der Waals surface area contributed by atoms with E-state index in [1.807, 2.05) is 20.8 Å². The third-order valence-corrected chi connectivity index (χ3v) is 2.54. The Morgan fingerprint density at radius 3 is 2.71 bits per heavy atom. The molecule has 1 amide bonds. The lowest BCUT2D eigenvalue weighted by Gasteiger charge is -2.20. The zero-order valence-electron chi connectivity index (χ0n) is 11.2. The third kappa shape index (κ3) is 6.97. The summed E-state index contributed by atoms with van der Waals surface area (Å²) in [4.78, 5) is 16.0. The molecule has 0 saturated carbocycles. The van der Waals surface area contributed by atoms with Crippen molar-refractivity contribution in [2.45, 2.75) is 58.5 Å². The molecule has 4 nitrogen and oxygen atoms in total. The molecule has 0 unspecified atom stereocenters. The lowest BCUT2D eigenvalue weighted by molar-refractivity contribution is 0.0535. The molecule has 17 heavy (non-hydrogen) atoms. The van der Waals surface area contributed by atoms with Gasteiger partial charge in [-0.15, -0.1) is 0 Å². The minimum Gasteiger partial charge on any atom is -0.444 e. The molecule has 0 atom stereocenters. The number of carbonyl (C=O) groups is 1. The first-order valence-electron chi connectivity index (χ1n) is 6.46. The number of alkyl carbamates (subject to hydrolysis) is 1. The van der Waals surface area contributed by atoms with Crippen LogP contribution in [-0.2, 0) is 4.74 Å². The van der Waals surface area contributed by atoms with Crippen molar-refractivity contribution in [1.29, 1.82) is 0 Å². The van der Waals surface area contributed by atoms with Gasteiger partial charge < -0.3 is 10.1 Å². The summed E-state index contributed by atoms with van der Waals surface area (Å²) >= 11 is 0. The zero-order chi connectivity index (χ0) is 12.7. The Morgan fingerprint density at radius 1 is 1.29 bits per heavy atom. The van der Waals surface area contributed by atoms with Gasteiger partial charge in [-0.25, -0.2) is 4.79 Å². The number of nitrogens with one attached hydrogen (secondary N) is 1. The van der Waals surface area contributed by atoms with Crippen LogP contribution in [0.15, 0.2) is 4.99 Å². The Bertz CT molecular complexity index is 280. The molecule has 0 saturated heterocycles. The van der Waals surface area contributed by atoms with E-state index >= 15 is 0 Å². The summed E-state index contributed by atoms with van der Waals surface area (Å²) in [5.74, 6) is 0. The van der Waals surface area contributed by atoms with E-state index in [1.165, 1.54) is 19.3 Å². The monoisotopic (exact) mass is 240 g/mol. The van der Waals surface area contributed by atoms with Crippen molar-refractivity contribution in [2.24, 2.45) is 4.99 Å². The largest absolute Gasteiger partial charge is 0.444 e. The topological polar surface area (TPSA) is 50.7 Å². The molecule has 0 aliphatic carbocycles. The molecule has 98 valence electrons. The molecule has 0 bridgehead atoms. The van der Waals surface area contributed by atoms with Crippen LogP contribution in [0.1, 0.15) is 52.9 Å². The van der Waals surface area contributed by atoms with Gasteiger partial charge >= 0.3 is 6.09 Å². The SMILES string of the molecule is CC(C)(C)OC(=O)NCC1=NCCCCCC1. The lowest BCUT2D eigenvalue weighted by atomic mass is 10.1. The molecule has 4 heteroatoms. The first-order chi connectivity index (χ1) is 7.97. The average Bonchev–Trinajstić information content (AvgIpc) is 2.13. The van der Waals surface area contributed by atoms with E-state index in [-0.39, 0.29) is 6.09 Å². The molecular weight excluding hydrogens is 216 g/mol. The first-order valence-corrected chi connectivity index (χ1v) is 6.46. The molecule has 1 aliphatic rings. The van der Waals surface area contributed by atoms with Gasteiger partial charge in [0.25, 0.3) is 0 Å². The highest BCUT2D eigenvalue weighted by molar-refractivity contribution is 5.88. The van der Waals surface area contributed by atoms with Crippen LogP contribution in [0.3, 0.4) is 0 Å². The van der Waals surface area contributed by atoms with Crippen molar-refractivity contribution in [1.82, 2.24) is 5.32 Å². The maximum Gasteiger partial charge on any atom is 0.407 e. The summed E-state index contributed by atoms with van der Waals surface area (Å²) < 4.78 is 5.18. The second-order valence-electron chi connectivity index (χ2n) is 5.47. The van der Waals surface area contributed by atoms with Gasteiger partial charge in [0.05, 0.1) is 6.54 Å². The van der Waals surface area contributed by atoms with Crippen LogP contribution >= 0.6 is 0 Å². The molecular formula is C13H24N2O2. The standard InChI is InChI=1S/C13H24N2O2/c1-13(2,3)17-12(16)15-10-11-8-6-4-5-7-9-14-11/h4-10H2,1-3H3,(H,15,16). The molecule has 0 aromatic carbocycles. The minimum absolute atomic E-state index is 0.359. The average molecular weight is 240 g/mol. The highest BCUT2D eigenvalue weighted by atomic mass is 16.6. The van der Waals surface area contributed by atoms with Crippen LogP contribution in [0.5, 0.6) is 0 Å². The number of nitrogens with zero attached hydrogens (tertiary/aromatic N) is 1. The Morgan fingerprint density at radius 2 is 2.00 bits per heavy atom. The molecule has 0 spiro atoms. The summed E-state index contributed by atoms with van der Waals surface area (Å²) in [6, 6.07) is 0. The van der Waals surface area contributed by atoms with Crippen molar-refractivity contribution >= 4 is 11.8 Å². The molecule has 0 fully saturated rings. The summed E-state index contributed by atoms with van der Waals surface area (Å²) in [7, 11) is 0. The highest BCUT2D eigenvalue weighted by Gasteiger charge is 2.16. The van der Waals surface area contributed by atoms with Gasteiger partial charge in [0.2, 0.25) is 0 Å². The molecule has 0 aromatic rings. The zero-order valence-corrected chi connectivity index (χ0v) is 11.2. The van der Waals surface area contributed by atoms with Crippen LogP contribution in [0.25, 0.3) is 0 Å². The molecule has 1 N–H and O–H groups in total. The predicted molar refractivity (Wildman–Crippen MR) is 69.6 cm³/mol. The first kappa shape index (κ1) is 14.0. The fourth-order valence-corrected chi connectivity index (χ4v) is 1.74. The Kier molecular flexibility index (Phi) is 5.45. The van der Waals surface area contributed by atoms with Crippen molar-refractivity contribution in [3.63, 3.8) is 0 Å². The third-order valence-electron chi connectivity index (χ3n) is 2.54. The van der Waals surface area contributed by atoms with E-state index in [0.717, 1.165) is 25.1 Å². The fraction of sp³-hybridized carbons (Fsp3) is 0.846. The van der Waals surface area contributed by atoms with E-state index in [2.05, 4.69) is 10.3 Å². The van der Waals surface area contributed by atoms with E-state index in [1.54, 1.807) is 0 Å². The van der Waals surface area contributed by atoms with Crippen LogP contribution in [0.4, 0.5) is 4.79 Å². The number of amides is 1. The molecule has 0 radical (unpaired) electrons. The van der Waals surface area contributed by atoms with Crippen molar-refractivity contribution in [3.05, 3.63) is 0 Å². The summed E-state index contributed by atoms with van der Waals surface area (Å²) in [6.45, 7) is 7.00. The van der Waals surface area contributed by atoms with E-state index in [4.69, 9.17) is 4.74 Å². The highest BCUT2D eigenvalue weighted by Crippen LogP contribution is 2.09. The van der Waals surface area contributed by atoms with Crippen molar-refractivity contribution in [3.8, 4) is 0 Å². The second kappa shape index (κ2) is 6.62. The Hall–Kier alpha value is -1.06. The minimum atomic E-state index is -0.438. The van der Waals surface area contributed by atoms with E-state index < -0.39 is 5.60 Å². The predicted octanol–water partition coefficient (Wildman–Crippen LogP) is 2.92. The Balaban J connectivity index is 2.31. The van der Waals surface area contributed by atoms with Gasteiger partial charge in [-0.3, -0.25) is 4.99 Å². The molecule has 1 rings (SSSR count). The van der Waals surface area contributed by atoms with E-state index in [0.29, 0.717) is 6.54 Å². The van der Waals surface area contributed by atoms with Crippen LogP contribution in [0, 0.1) is 0 Å². The van der Waals surface area contributed by atoms with Gasteiger partial charge in [-0.1, -0.05) is 12.8 Å². The van der Waals surface area contributed by atoms with Gasteiger partial charge in [-0.2, -0.15) is 0 Å². The number of hydrogen-bond donors (Lipinski definition) is 1. The van der Waals surface area contributed by atoms with Crippen molar-refractivity contribution < 1.29 is 9.53 Å². The second-order valence-corrected chi connectivity index (χ2v) is 5.47. The van der Waals surface area contributed by atoms with Gasteiger partial charge in [0.1, 0.15) is 5.60 Å². The number of ether oxygens (including phenoxy) is 1. The molecule has 0 aromatic heterocycles. The summed E-state index contributed by atoms with van der Waals surface area (Å²) in [5.41, 5.74) is 0.655. The van der Waals surface area contributed by atoms with Crippen LogP contribution in [-0.4, -0.2) is 30.5 Å². The quantitative estimate of drug-likeness (QED) is 0.806. The van der Waals surface area contributed by atoms with Gasteiger partial charge in [-0.05, 0) is 40.0 Å².